The normalized spacial score (nSPS) is 23.0. The molecule has 30 heavy (non-hydrogen) atoms. The molecule has 0 aromatic heterocycles. The molecule has 2 aliphatic heterocycles. The highest BCUT2D eigenvalue weighted by molar-refractivity contribution is 6.02. The maximum Gasteiger partial charge on any atom is 0.166 e. The number of hydrogen-bond acceptors (Lipinski definition) is 4. The Morgan fingerprint density at radius 3 is 2.47 bits per heavy atom. The Hall–Kier alpha value is -2.17. The molecular formula is C26H32N2O2. The molecule has 2 fully saturated rings. The number of nitrogens with zero attached hydrogens (tertiary/aromatic N) is 2. The average molecular weight is 405 g/mol. The molecule has 0 radical (unpaired) electrons. The lowest BCUT2D eigenvalue weighted by atomic mass is 9.85. The lowest BCUT2D eigenvalue weighted by Crippen LogP contribution is -2.36. The second-order valence-electron chi connectivity index (χ2n) is 9.15. The number of piperidine rings is 1. The van der Waals surface area contributed by atoms with Crippen molar-refractivity contribution in [3.8, 4) is 0 Å². The Morgan fingerprint density at radius 2 is 1.70 bits per heavy atom. The first-order valence-electron chi connectivity index (χ1n) is 11.5. The Balaban J connectivity index is 1.16. The number of hydrogen-bond donors (Lipinski definition) is 0. The second-order valence-corrected chi connectivity index (χ2v) is 9.15. The quantitative estimate of drug-likeness (QED) is 0.748. The van der Waals surface area contributed by atoms with Crippen molar-refractivity contribution in [2.24, 2.45) is 11.8 Å². The molecule has 2 saturated heterocycles. The van der Waals surface area contributed by atoms with E-state index in [0.717, 1.165) is 64.3 Å². The molecule has 1 unspecified atom stereocenters. The Bertz CT molecular complexity index is 868. The van der Waals surface area contributed by atoms with Gasteiger partial charge < -0.3 is 9.64 Å². The zero-order chi connectivity index (χ0) is 20.3. The minimum Gasteiger partial charge on any atom is -0.378 e. The number of likely N-dealkylation sites (tertiary alicyclic amines) is 1. The number of carbonyl (C=O) groups is 1. The van der Waals surface area contributed by atoms with Crippen LogP contribution in [0.4, 0.5) is 5.69 Å². The van der Waals surface area contributed by atoms with Crippen molar-refractivity contribution < 1.29 is 9.53 Å². The van der Waals surface area contributed by atoms with Gasteiger partial charge in [0.05, 0.1) is 13.2 Å². The van der Waals surface area contributed by atoms with Crippen molar-refractivity contribution in [2.75, 3.05) is 44.3 Å². The van der Waals surface area contributed by atoms with E-state index in [1.54, 1.807) is 0 Å². The summed E-state index contributed by atoms with van der Waals surface area (Å²) in [4.78, 5) is 18.0. The second kappa shape index (κ2) is 8.91. The van der Waals surface area contributed by atoms with Gasteiger partial charge in [0.25, 0.3) is 0 Å². The van der Waals surface area contributed by atoms with E-state index in [2.05, 4.69) is 58.3 Å². The molecule has 3 aliphatic rings. The van der Waals surface area contributed by atoms with E-state index in [1.807, 2.05) is 0 Å². The molecule has 2 heterocycles. The fourth-order valence-corrected chi connectivity index (χ4v) is 5.40. The summed E-state index contributed by atoms with van der Waals surface area (Å²) in [5.41, 5.74) is 4.88. The molecule has 158 valence electrons. The Morgan fingerprint density at radius 1 is 0.933 bits per heavy atom. The van der Waals surface area contributed by atoms with Gasteiger partial charge in [0.15, 0.2) is 5.78 Å². The van der Waals surface area contributed by atoms with Crippen LogP contribution in [0.25, 0.3) is 0 Å². The van der Waals surface area contributed by atoms with Crippen LogP contribution in [0.3, 0.4) is 0 Å². The third-order valence-electron chi connectivity index (χ3n) is 7.14. The van der Waals surface area contributed by atoms with E-state index in [1.165, 1.54) is 29.7 Å². The summed E-state index contributed by atoms with van der Waals surface area (Å²) in [6.07, 6.45) is 4.41. The van der Waals surface area contributed by atoms with Gasteiger partial charge in [-0.05, 0) is 74.0 Å². The molecule has 1 atom stereocenters. The largest absolute Gasteiger partial charge is 0.378 e. The molecule has 2 aromatic carbocycles. The van der Waals surface area contributed by atoms with Crippen LogP contribution in [0, 0.1) is 11.8 Å². The standard InChI is InChI=1S/C26H32N2O2/c29-26-23(16-20-8-10-27(11-9-20)19-21-4-2-1-3-5-21)17-22-18-24(6-7-25(22)26)28-12-14-30-15-13-28/h1-7,18,20,23H,8-17,19H2. The summed E-state index contributed by atoms with van der Waals surface area (Å²) in [5.74, 6) is 1.25. The van der Waals surface area contributed by atoms with Crippen LogP contribution >= 0.6 is 0 Å². The number of morpholine rings is 1. The van der Waals surface area contributed by atoms with Crippen LogP contribution in [0.15, 0.2) is 48.5 Å². The van der Waals surface area contributed by atoms with Gasteiger partial charge in [-0.1, -0.05) is 30.3 Å². The van der Waals surface area contributed by atoms with Gasteiger partial charge in [0.1, 0.15) is 0 Å². The molecule has 2 aromatic rings. The minimum atomic E-state index is 0.186. The van der Waals surface area contributed by atoms with Gasteiger partial charge in [-0.15, -0.1) is 0 Å². The highest BCUT2D eigenvalue weighted by atomic mass is 16.5. The fraction of sp³-hybridized carbons (Fsp3) is 0.500. The first kappa shape index (κ1) is 19.8. The van der Waals surface area contributed by atoms with Gasteiger partial charge in [-0.25, -0.2) is 0 Å². The van der Waals surface area contributed by atoms with Crippen molar-refractivity contribution in [3.05, 3.63) is 65.2 Å². The van der Waals surface area contributed by atoms with E-state index >= 15 is 0 Å². The molecule has 4 heteroatoms. The summed E-state index contributed by atoms with van der Waals surface area (Å²) < 4.78 is 5.47. The zero-order valence-electron chi connectivity index (χ0n) is 17.8. The number of carbonyl (C=O) groups excluding carboxylic acids is 1. The zero-order valence-corrected chi connectivity index (χ0v) is 17.8. The van der Waals surface area contributed by atoms with Gasteiger partial charge in [0, 0.05) is 36.8 Å². The first-order valence-corrected chi connectivity index (χ1v) is 11.5. The Kier molecular flexibility index (Phi) is 5.87. The third-order valence-corrected chi connectivity index (χ3v) is 7.14. The summed E-state index contributed by atoms with van der Waals surface area (Å²) in [6.45, 7) is 6.81. The molecule has 0 saturated carbocycles. The lowest BCUT2D eigenvalue weighted by Gasteiger charge is -2.33. The summed E-state index contributed by atoms with van der Waals surface area (Å²) in [5, 5.41) is 0. The van der Waals surface area contributed by atoms with E-state index in [-0.39, 0.29) is 5.92 Å². The van der Waals surface area contributed by atoms with Crippen LogP contribution in [0.2, 0.25) is 0 Å². The smallest absolute Gasteiger partial charge is 0.166 e. The van der Waals surface area contributed by atoms with Gasteiger partial charge in [-0.2, -0.15) is 0 Å². The van der Waals surface area contributed by atoms with Gasteiger partial charge >= 0.3 is 0 Å². The molecule has 0 spiro atoms. The monoisotopic (exact) mass is 404 g/mol. The molecule has 5 rings (SSSR count). The van der Waals surface area contributed by atoms with Gasteiger partial charge in [-0.3, -0.25) is 9.69 Å². The molecular weight excluding hydrogens is 372 g/mol. The predicted molar refractivity (Wildman–Crippen MR) is 120 cm³/mol. The third kappa shape index (κ3) is 4.30. The highest BCUT2D eigenvalue weighted by Crippen LogP contribution is 2.36. The molecule has 4 nitrogen and oxygen atoms in total. The number of fused-ring (bicyclic) bond motifs is 1. The highest BCUT2D eigenvalue weighted by Gasteiger charge is 2.33. The van der Waals surface area contributed by atoms with E-state index in [4.69, 9.17) is 4.74 Å². The number of Topliss-reactive ketones (excluding diaryl/α,β-unsaturated/α-hetero) is 1. The topological polar surface area (TPSA) is 32.8 Å². The van der Waals surface area contributed by atoms with Crippen LogP contribution in [0.1, 0.15) is 40.7 Å². The van der Waals surface area contributed by atoms with Crippen molar-refractivity contribution in [2.45, 2.75) is 32.2 Å². The van der Waals surface area contributed by atoms with Crippen LogP contribution < -0.4 is 4.90 Å². The van der Waals surface area contributed by atoms with Crippen molar-refractivity contribution >= 4 is 11.5 Å². The van der Waals surface area contributed by atoms with Crippen molar-refractivity contribution in [1.82, 2.24) is 4.90 Å². The molecule has 0 amide bonds. The summed E-state index contributed by atoms with van der Waals surface area (Å²) in [7, 11) is 0. The Labute approximate surface area is 179 Å². The summed E-state index contributed by atoms with van der Waals surface area (Å²) >= 11 is 0. The molecule has 0 bridgehead atoms. The van der Waals surface area contributed by atoms with E-state index in [0.29, 0.717) is 11.7 Å². The fourth-order valence-electron chi connectivity index (χ4n) is 5.40. The SMILES string of the molecule is O=C1c2ccc(N3CCOCC3)cc2CC1CC1CCN(Cc2ccccc2)CC1. The number of anilines is 1. The number of ether oxygens (including phenoxy) is 1. The van der Waals surface area contributed by atoms with Crippen molar-refractivity contribution in [3.63, 3.8) is 0 Å². The molecule has 0 N–H and O–H groups in total. The van der Waals surface area contributed by atoms with Crippen LogP contribution in [0.5, 0.6) is 0 Å². The van der Waals surface area contributed by atoms with Crippen LogP contribution in [-0.2, 0) is 17.7 Å². The minimum absolute atomic E-state index is 0.186. The van der Waals surface area contributed by atoms with Crippen LogP contribution in [-0.4, -0.2) is 50.1 Å². The van der Waals surface area contributed by atoms with Crippen molar-refractivity contribution in [1.29, 1.82) is 0 Å². The summed E-state index contributed by atoms with van der Waals surface area (Å²) in [6, 6.07) is 17.2. The number of benzene rings is 2. The number of rotatable bonds is 5. The van der Waals surface area contributed by atoms with E-state index < -0.39 is 0 Å². The predicted octanol–water partition coefficient (Wildman–Crippen LogP) is 4.18. The maximum absolute atomic E-state index is 13.0. The van der Waals surface area contributed by atoms with E-state index in [9.17, 15) is 4.79 Å². The number of ketones is 1. The molecule has 1 aliphatic carbocycles. The lowest BCUT2D eigenvalue weighted by molar-refractivity contribution is 0.0895. The average Bonchev–Trinajstić information content (AvgIpc) is 3.11. The first-order chi connectivity index (χ1) is 14.8. The van der Waals surface area contributed by atoms with Gasteiger partial charge in [0.2, 0.25) is 0 Å². The maximum atomic E-state index is 13.0.